The van der Waals surface area contributed by atoms with Crippen LogP contribution in [-0.2, 0) is 4.18 Å². The third-order valence-corrected chi connectivity index (χ3v) is 2.90. The van der Waals surface area contributed by atoms with E-state index in [9.17, 15) is 0 Å². The second-order valence-electron chi connectivity index (χ2n) is 4.03. The summed E-state index contributed by atoms with van der Waals surface area (Å²) in [6.45, 7) is 7.51. The second-order valence-corrected chi connectivity index (χ2v) is 4.28. The maximum atomic E-state index is 4.89. The molecule has 0 aliphatic heterocycles. The molecular formula is C10H18OS. The van der Waals surface area contributed by atoms with Gasteiger partial charge in [0.1, 0.15) is 0 Å². The van der Waals surface area contributed by atoms with Crippen LogP contribution in [0.3, 0.4) is 0 Å². The molecule has 2 heteroatoms. The van der Waals surface area contributed by atoms with Gasteiger partial charge in [-0.2, -0.15) is 0 Å². The molecule has 2 unspecified atom stereocenters. The van der Waals surface area contributed by atoms with Crippen LogP contribution in [0.25, 0.3) is 0 Å². The summed E-state index contributed by atoms with van der Waals surface area (Å²) >= 11 is 3.80. The molecule has 0 bridgehead atoms. The van der Waals surface area contributed by atoms with Gasteiger partial charge in [0.2, 0.25) is 0 Å². The first kappa shape index (κ1) is 10.1. The lowest BCUT2D eigenvalue weighted by molar-refractivity contribution is 0.348. The molecule has 0 saturated heterocycles. The minimum absolute atomic E-state index is 0.681. The molecule has 0 N–H and O–H groups in total. The van der Waals surface area contributed by atoms with E-state index >= 15 is 0 Å². The van der Waals surface area contributed by atoms with Gasteiger partial charge in [-0.25, -0.2) is 0 Å². The van der Waals surface area contributed by atoms with Crippen LogP contribution >= 0.6 is 12.9 Å². The van der Waals surface area contributed by atoms with Crippen LogP contribution in [-0.4, -0.2) is 6.61 Å². The molecule has 12 heavy (non-hydrogen) atoms. The van der Waals surface area contributed by atoms with Crippen LogP contribution in [0.4, 0.5) is 0 Å². The van der Waals surface area contributed by atoms with Crippen molar-refractivity contribution >= 4 is 12.9 Å². The molecule has 0 aromatic rings. The van der Waals surface area contributed by atoms with Gasteiger partial charge in [-0.15, -0.1) is 0 Å². The largest absolute Gasteiger partial charge is 0.314 e. The molecule has 1 aliphatic carbocycles. The van der Waals surface area contributed by atoms with Crippen molar-refractivity contribution in [2.24, 2.45) is 11.8 Å². The summed E-state index contributed by atoms with van der Waals surface area (Å²) in [6, 6.07) is 0. The van der Waals surface area contributed by atoms with E-state index in [4.69, 9.17) is 4.18 Å². The van der Waals surface area contributed by atoms with Crippen molar-refractivity contribution in [2.75, 3.05) is 6.61 Å². The van der Waals surface area contributed by atoms with Gasteiger partial charge in [-0.05, 0) is 50.1 Å². The third-order valence-electron chi connectivity index (χ3n) is 2.77. The van der Waals surface area contributed by atoms with Crippen LogP contribution in [0.1, 0.15) is 33.6 Å². The fourth-order valence-electron chi connectivity index (χ4n) is 2.24. The minimum atomic E-state index is 0.681. The lowest BCUT2D eigenvalue weighted by Crippen LogP contribution is -2.17. The van der Waals surface area contributed by atoms with Crippen LogP contribution in [0, 0.1) is 11.8 Å². The summed E-state index contributed by atoms with van der Waals surface area (Å²) < 4.78 is 4.89. The Morgan fingerprint density at radius 1 is 1.50 bits per heavy atom. The molecule has 2 atom stereocenters. The highest BCUT2D eigenvalue weighted by molar-refractivity contribution is 7.75. The number of allylic oxidation sites excluding steroid dienone is 1. The first-order valence-electron chi connectivity index (χ1n) is 4.60. The topological polar surface area (TPSA) is 9.23 Å². The van der Waals surface area contributed by atoms with Crippen LogP contribution < -0.4 is 0 Å². The zero-order chi connectivity index (χ0) is 9.14. The zero-order valence-electron chi connectivity index (χ0n) is 8.13. The Labute approximate surface area is 80.8 Å². The molecule has 0 fully saturated rings. The highest BCUT2D eigenvalue weighted by Crippen LogP contribution is 2.33. The average Bonchev–Trinajstić information content (AvgIpc) is 1.96. The van der Waals surface area contributed by atoms with Gasteiger partial charge >= 0.3 is 0 Å². The fraction of sp³-hybridized carbons (Fsp3) is 0.800. The highest BCUT2D eigenvalue weighted by atomic mass is 32.1. The van der Waals surface area contributed by atoms with Crippen molar-refractivity contribution in [2.45, 2.75) is 33.6 Å². The predicted molar refractivity (Wildman–Crippen MR) is 55.2 cm³/mol. The standard InChI is InChI=1S/C10H18OS/c1-7-4-8(2)10(6-11-12)9(3)5-7/h7-8,12H,4-6H2,1-3H3. The summed E-state index contributed by atoms with van der Waals surface area (Å²) in [4.78, 5) is 0. The van der Waals surface area contributed by atoms with Gasteiger partial charge in [-0.3, -0.25) is 0 Å². The summed E-state index contributed by atoms with van der Waals surface area (Å²) in [5.41, 5.74) is 2.97. The predicted octanol–water partition coefficient (Wildman–Crippen LogP) is 3.23. The van der Waals surface area contributed by atoms with E-state index in [0.29, 0.717) is 12.5 Å². The van der Waals surface area contributed by atoms with E-state index in [2.05, 4.69) is 33.7 Å². The summed E-state index contributed by atoms with van der Waals surface area (Å²) in [7, 11) is 0. The average molecular weight is 186 g/mol. The van der Waals surface area contributed by atoms with Crippen LogP contribution in [0.15, 0.2) is 11.1 Å². The van der Waals surface area contributed by atoms with Gasteiger partial charge in [0.15, 0.2) is 0 Å². The maximum absolute atomic E-state index is 4.89. The molecule has 1 aliphatic rings. The molecule has 0 radical (unpaired) electrons. The normalized spacial score (nSPS) is 31.0. The smallest absolute Gasteiger partial charge is 0.0826 e. The second kappa shape index (κ2) is 4.33. The molecule has 0 spiro atoms. The Kier molecular flexibility index (Phi) is 3.66. The van der Waals surface area contributed by atoms with Crippen molar-refractivity contribution in [3.05, 3.63) is 11.1 Å². The van der Waals surface area contributed by atoms with Gasteiger partial charge in [-0.1, -0.05) is 19.4 Å². The molecule has 1 rings (SSSR count). The third kappa shape index (κ3) is 2.27. The SMILES string of the molecule is CC1=C(COS)C(C)CC(C)C1. The van der Waals surface area contributed by atoms with Crippen molar-refractivity contribution in [1.29, 1.82) is 0 Å². The Hall–Kier alpha value is 0.0500. The van der Waals surface area contributed by atoms with E-state index in [0.717, 1.165) is 5.92 Å². The molecular weight excluding hydrogens is 168 g/mol. The maximum Gasteiger partial charge on any atom is 0.0826 e. The lowest BCUT2D eigenvalue weighted by Gasteiger charge is -2.28. The Bertz CT molecular complexity index is 186. The van der Waals surface area contributed by atoms with Crippen molar-refractivity contribution in [3.63, 3.8) is 0 Å². The molecule has 0 amide bonds. The number of thiol groups is 1. The Morgan fingerprint density at radius 3 is 2.67 bits per heavy atom. The summed E-state index contributed by atoms with van der Waals surface area (Å²) in [6.07, 6.45) is 2.53. The molecule has 70 valence electrons. The molecule has 1 nitrogen and oxygen atoms in total. The van der Waals surface area contributed by atoms with Gasteiger partial charge in [0.25, 0.3) is 0 Å². The van der Waals surface area contributed by atoms with Crippen LogP contribution in [0.2, 0.25) is 0 Å². The van der Waals surface area contributed by atoms with Crippen molar-refractivity contribution in [1.82, 2.24) is 0 Å². The van der Waals surface area contributed by atoms with E-state index in [1.165, 1.54) is 24.0 Å². The molecule has 0 heterocycles. The quantitative estimate of drug-likeness (QED) is 0.396. The first-order valence-corrected chi connectivity index (χ1v) is 4.96. The summed E-state index contributed by atoms with van der Waals surface area (Å²) in [5.74, 6) is 1.52. The monoisotopic (exact) mass is 186 g/mol. The van der Waals surface area contributed by atoms with Crippen molar-refractivity contribution < 1.29 is 4.18 Å². The first-order chi connectivity index (χ1) is 5.65. The lowest BCUT2D eigenvalue weighted by atomic mass is 9.79. The Balaban J connectivity index is 2.71. The highest BCUT2D eigenvalue weighted by Gasteiger charge is 2.21. The van der Waals surface area contributed by atoms with E-state index in [1.807, 2.05) is 0 Å². The minimum Gasteiger partial charge on any atom is -0.314 e. The molecule has 0 saturated carbocycles. The van der Waals surface area contributed by atoms with E-state index in [1.54, 1.807) is 0 Å². The fourth-order valence-corrected chi connectivity index (χ4v) is 2.38. The van der Waals surface area contributed by atoms with Gasteiger partial charge < -0.3 is 4.18 Å². The number of rotatable bonds is 2. The summed E-state index contributed by atoms with van der Waals surface area (Å²) in [5, 5.41) is 0. The molecule has 0 aromatic heterocycles. The van der Waals surface area contributed by atoms with Crippen LogP contribution in [0.5, 0.6) is 0 Å². The van der Waals surface area contributed by atoms with E-state index in [-0.39, 0.29) is 0 Å². The molecule has 0 aromatic carbocycles. The van der Waals surface area contributed by atoms with Crippen molar-refractivity contribution in [3.8, 4) is 0 Å². The number of hydrogen-bond donors (Lipinski definition) is 1. The Morgan fingerprint density at radius 2 is 2.17 bits per heavy atom. The number of hydrogen-bond acceptors (Lipinski definition) is 2. The zero-order valence-corrected chi connectivity index (χ0v) is 9.03. The van der Waals surface area contributed by atoms with E-state index < -0.39 is 0 Å². The van der Waals surface area contributed by atoms with Gasteiger partial charge in [0, 0.05) is 0 Å². The van der Waals surface area contributed by atoms with Gasteiger partial charge in [0.05, 0.1) is 6.61 Å².